The minimum absolute atomic E-state index is 0.282. The molecule has 0 heterocycles. The summed E-state index contributed by atoms with van der Waals surface area (Å²) in [7, 11) is 0. The lowest BCUT2D eigenvalue weighted by Crippen LogP contribution is -2.43. The molecule has 4 nitrogen and oxygen atoms in total. The van der Waals surface area contributed by atoms with E-state index in [1.165, 1.54) is 17.2 Å². The number of benzene rings is 1. The maximum atomic E-state index is 10.5. The molecule has 4 heteroatoms. The number of hydrogen-bond acceptors (Lipinski definition) is 4. The van der Waals surface area contributed by atoms with Crippen molar-refractivity contribution in [1.29, 1.82) is 0 Å². The molecule has 1 aromatic carbocycles. The summed E-state index contributed by atoms with van der Waals surface area (Å²) < 4.78 is 22.4. The summed E-state index contributed by atoms with van der Waals surface area (Å²) in [5.41, 5.74) is 0.968. The Bertz CT molecular complexity index is 520. The zero-order valence-corrected chi connectivity index (χ0v) is 11.1. The maximum Gasteiger partial charge on any atom is 0.246 e. The van der Waals surface area contributed by atoms with Gasteiger partial charge >= 0.3 is 0 Å². The monoisotopic (exact) mass is 251 g/mol. The first-order chi connectivity index (χ1) is 9.72. The first kappa shape index (κ1) is 10.3. The average molecular weight is 251 g/mol. The van der Waals surface area contributed by atoms with Crippen LogP contribution in [0.3, 0.4) is 0 Å². The molecule has 1 rings (SSSR count). The molecule has 0 radical (unpaired) electrons. The highest BCUT2D eigenvalue weighted by atomic mass is 16.5. The SMILES string of the molecule is [2H]ON(c1ccc(N=O)cc1)C(C(C)=C([2H])[2H])C(C)(C)C. The van der Waals surface area contributed by atoms with Gasteiger partial charge in [0, 0.05) is 0 Å². The van der Waals surface area contributed by atoms with Crippen molar-refractivity contribution in [3.05, 3.63) is 41.3 Å². The summed E-state index contributed by atoms with van der Waals surface area (Å²) in [5, 5.41) is 8.90. The molecule has 0 aromatic heterocycles. The highest BCUT2D eigenvalue weighted by Gasteiger charge is 2.30. The van der Waals surface area contributed by atoms with Gasteiger partial charge in [-0.2, -0.15) is 0 Å². The number of hydrogen-bond donors (Lipinski definition) is 1. The van der Waals surface area contributed by atoms with Crippen LogP contribution in [-0.4, -0.2) is 11.3 Å². The van der Waals surface area contributed by atoms with Gasteiger partial charge in [-0.3, -0.25) is 5.21 Å². The molecule has 0 aliphatic rings. The van der Waals surface area contributed by atoms with Crippen LogP contribution >= 0.6 is 0 Å². The van der Waals surface area contributed by atoms with Crippen molar-refractivity contribution >= 4 is 11.4 Å². The molecule has 0 spiro atoms. The second kappa shape index (κ2) is 5.31. The Kier molecular flexibility index (Phi) is 3.03. The van der Waals surface area contributed by atoms with Crippen molar-refractivity contribution in [2.45, 2.75) is 33.7 Å². The Morgan fingerprint density at radius 2 is 2.11 bits per heavy atom. The van der Waals surface area contributed by atoms with Crippen molar-refractivity contribution in [1.82, 2.24) is 0 Å². The van der Waals surface area contributed by atoms with Crippen LogP contribution in [0.1, 0.15) is 30.4 Å². The lowest BCUT2D eigenvalue weighted by atomic mass is 9.82. The minimum atomic E-state index is -0.463. The maximum absolute atomic E-state index is 10.5. The van der Waals surface area contributed by atoms with E-state index in [9.17, 15) is 4.91 Å². The second-order valence-corrected chi connectivity index (χ2v) is 5.39. The molecule has 0 aliphatic carbocycles. The minimum Gasteiger partial charge on any atom is -0.288 e. The van der Waals surface area contributed by atoms with E-state index in [4.69, 9.17) is 9.38 Å². The van der Waals surface area contributed by atoms with Crippen LogP contribution in [0.25, 0.3) is 0 Å². The summed E-state index contributed by atoms with van der Waals surface area (Å²) in [4.78, 5) is 10.5. The van der Waals surface area contributed by atoms with Gasteiger partial charge in [-0.05, 0) is 41.8 Å². The first-order valence-electron chi connectivity index (χ1n) is 7.13. The van der Waals surface area contributed by atoms with E-state index in [1.807, 2.05) is 20.8 Å². The molecular weight excluding hydrogens is 228 g/mol. The van der Waals surface area contributed by atoms with Crippen molar-refractivity contribution in [2.75, 3.05) is 5.06 Å². The Morgan fingerprint density at radius 1 is 1.50 bits per heavy atom. The van der Waals surface area contributed by atoms with Gasteiger partial charge in [0.2, 0.25) is 1.43 Å². The predicted molar refractivity (Wildman–Crippen MR) is 74.2 cm³/mol. The van der Waals surface area contributed by atoms with E-state index in [0.717, 1.165) is 0 Å². The van der Waals surface area contributed by atoms with E-state index >= 15 is 0 Å². The fourth-order valence-corrected chi connectivity index (χ4v) is 1.99. The molecule has 0 bridgehead atoms. The van der Waals surface area contributed by atoms with E-state index in [-0.39, 0.29) is 17.6 Å². The van der Waals surface area contributed by atoms with Gasteiger partial charge in [0.25, 0.3) is 0 Å². The molecule has 1 unspecified atom stereocenters. The number of hydroxylamine groups is 1. The van der Waals surface area contributed by atoms with E-state index < -0.39 is 6.04 Å². The number of anilines is 1. The summed E-state index contributed by atoms with van der Waals surface area (Å²) in [6.45, 7) is 7.20. The average Bonchev–Trinajstić information content (AvgIpc) is 2.42. The molecule has 98 valence electrons. The Labute approximate surface area is 112 Å². The van der Waals surface area contributed by atoms with Crippen LogP contribution in [0.4, 0.5) is 11.4 Å². The van der Waals surface area contributed by atoms with Crippen LogP contribution in [-0.2, 0) is 0 Å². The molecular formula is C14H20N2O2. The fraction of sp³-hybridized carbons (Fsp3) is 0.429. The van der Waals surface area contributed by atoms with Gasteiger partial charge in [0.15, 0.2) is 0 Å². The number of nitroso groups, excluding NO2 is 1. The standard InChI is InChI=1S/C14H20N2O2/c1-10(2)13(14(3,4)5)16(18)12-8-6-11(15-17)7-9-12/h6-9,13,18H,1H2,2-5H3/i1D2,18D. The highest BCUT2D eigenvalue weighted by molar-refractivity contribution is 5.52. The quantitative estimate of drug-likeness (QED) is 0.483. The summed E-state index contributed by atoms with van der Waals surface area (Å²) >= 11 is 0. The van der Waals surface area contributed by atoms with Gasteiger partial charge < -0.3 is 0 Å². The Morgan fingerprint density at radius 3 is 2.50 bits per heavy atom. The predicted octanol–water partition coefficient (Wildman–Crippen LogP) is 4.27. The number of rotatable bonds is 5. The fourth-order valence-electron chi connectivity index (χ4n) is 1.99. The zero-order chi connectivity index (χ0) is 16.2. The largest absolute Gasteiger partial charge is 0.288 e. The van der Waals surface area contributed by atoms with Gasteiger partial charge in [0.1, 0.15) is 5.69 Å². The van der Waals surface area contributed by atoms with E-state index in [1.54, 1.807) is 19.1 Å². The van der Waals surface area contributed by atoms with Gasteiger partial charge in [-0.1, -0.05) is 32.9 Å². The Balaban J connectivity index is 3.30. The molecule has 0 amide bonds. The third-order valence-electron chi connectivity index (χ3n) is 2.67. The molecule has 1 atom stereocenters. The second-order valence-electron chi connectivity index (χ2n) is 5.39. The number of nitrogens with zero attached hydrogens (tertiary/aromatic N) is 2. The lowest BCUT2D eigenvalue weighted by Gasteiger charge is -2.37. The third kappa shape index (κ3) is 3.17. The summed E-state index contributed by atoms with van der Waals surface area (Å²) in [5.74, 6) is 0. The van der Waals surface area contributed by atoms with Crippen molar-refractivity contribution < 1.29 is 9.38 Å². The summed E-state index contributed by atoms with van der Waals surface area (Å²) in [6, 6.07) is 5.82. The highest BCUT2D eigenvalue weighted by Crippen LogP contribution is 2.32. The molecule has 0 fully saturated rings. The van der Waals surface area contributed by atoms with Gasteiger partial charge in [-0.15, -0.1) is 4.91 Å². The normalized spacial score (nSPS) is 15.0. The topological polar surface area (TPSA) is 52.9 Å². The molecule has 1 N–H and O–H groups in total. The van der Waals surface area contributed by atoms with Crippen LogP contribution < -0.4 is 5.06 Å². The summed E-state index contributed by atoms with van der Waals surface area (Å²) in [6.07, 6.45) is 0. The van der Waals surface area contributed by atoms with Crippen LogP contribution in [0.2, 0.25) is 1.43 Å². The van der Waals surface area contributed by atoms with Crippen molar-refractivity contribution in [2.24, 2.45) is 10.6 Å². The molecule has 0 saturated carbocycles. The van der Waals surface area contributed by atoms with Crippen LogP contribution in [0.15, 0.2) is 41.5 Å². The Hall–Kier alpha value is -1.68. The molecule has 0 saturated heterocycles. The van der Waals surface area contributed by atoms with Crippen LogP contribution in [0, 0.1) is 10.3 Å². The molecule has 18 heavy (non-hydrogen) atoms. The third-order valence-corrected chi connectivity index (χ3v) is 2.67. The lowest BCUT2D eigenvalue weighted by molar-refractivity contribution is 0.167. The van der Waals surface area contributed by atoms with Crippen LogP contribution in [0.5, 0.6) is 0 Å². The van der Waals surface area contributed by atoms with E-state index in [0.29, 0.717) is 11.3 Å². The van der Waals surface area contributed by atoms with Gasteiger partial charge in [-0.25, -0.2) is 5.06 Å². The smallest absolute Gasteiger partial charge is 0.246 e. The van der Waals surface area contributed by atoms with Crippen molar-refractivity contribution in [3.63, 3.8) is 0 Å². The first-order valence-corrected chi connectivity index (χ1v) is 5.72. The molecule has 1 aromatic rings. The van der Waals surface area contributed by atoms with E-state index in [2.05, 4.69) is 5.18 Å². The molecule has 0 aliphatic heterocycles. The van der Waals surface area contributed by atoms with Crippen molar-refractivity contribution in [3.8, 4) is 0 Å². The van der Waals surface area contributed by atoms with Gasteiger partial charge in [0.05, 0.1) is 14.5 Å². The zero-order valence-electron chi connectivity index (χ0n) is 14.1.